The first-order valence-corrected chi connectivity index (χ1v) is 10.2. The molecule has 31 heavy (non-hydrogen) atoms. The van der Waals surface area contributed by atoms with Crippen LogP contribution in [-0.2, 0) is 4.74 Å². The Kier molecular flexibility index (Phi) is 5.96. The fraction of sp³-hybridized carbons (Fsp3) is 0.304. The molecule has 3 heterocycles. The lowest BCUT2D eigenvalue weighted by Crippen LogP contribution is -2.35. The molecule has 3 aromatic rings. The predicted octanol–water partition coefficient (Wildman–Crippen LogP) is 2.71. The number of nitrogens with zero attached hydrogens (tertiary/aromatic N) is 3. The minimum absolute atomic E-state index is 0.0616. The van der Waals surface area contributed by atoms with E-state index in [4.69, 9.17) is 10.00 Å². The maximum Gasteiger partial charge on any atom is 0.280 e. The summed E-state index contributed by atoms with van der Waals surface area (Å²) in [5.41, 5.74) is 2.78. The molecule has 0 spiro atoms. The van der Waals surface area contributed by atoms with Gasteiger partial charge in [0.15, 0.2) is 5.82 Å². The minimum Gasteiger partial charge on any atom is -0.376 e. The number of nitrogens with one attached hydrogen (secondary N) is 2. The van der Waals surface area contributed by atoms with Crippen LogP contribution < -0.4 is 10.9 Å². The van der Waals surface area contributed by atoms with Crippen LogP contribution in [0.3, 0.4) is 0 Å². The van der Waals surface area contributed by atoms with Crippen LogP contribution in [0.25, 0.3) is 16.9 Å². The van der Waals surface area contributed by atoms with E-state index >= 15 is 0 Å². The summed E-state index contributed by atoms with van der Waals surface area (Å²) in [7, 11) is 0. The van der Waals surface area contributed by atoms with Crippen LogP contribution in [0.15, 0.2) is 47.5 Å². The summed E-state index contributed by atoms with van der Waals surface area (Å²) < 4.78 is 6.95. The molecule has 8 heteroatoms. The third-order valence-electron chi connectivity index (χ3n) is 5.42. The number of carbonyl (C=O) groups excluding carboxylic acids is 1. The largest absolute Gasteiger partial charge is 0.376 e. The van der Waals surface area contributed by atoms with E-state index in [9.17, 15) is 9.59 Å². The van der Waals surface area contributed by atoms with E-state index in [1.807, 2.05) is 6.92 Å². The molecule has 158 valence electrons. The lowest BCUT2D eigenvalue weighted by atomic mass is 10.0. The summed E-state index contributed by atoms with van der Waals surface area (Å²) in [5, 5.41) is 14.8. The minimum atomic E-state index is -0.257. The number of amides is 1. The summed E-state index contributed by atoms with van der Waals surface area (Å²) in [4.78, 5) is 29.6. The second-order valence-corrected chi connectivity index (χ2v) is 7.57. The number of carbonyl (C=O) groups is 1. The molecule has 4 rings (SSSR count). The van der Waals surface area contributed by atoms with Gasteiger partial charge in [-0.05, 0) is 61.6 Å². The SMILES string of the molecule is Cc1cc(C#N)ccc1-c1c[nH]n(-c2ccc(C(=O)NCC3CCCCO3)cn2)c1=O. The van der Waals surface area contributed by atoms with E-state index in [1.54, 1.807) is 36.5 Å². The smallest absolute Gasteiger partial charge is 0.280 e. The summed E-state index contributed by atoms with van der Waals surface area (Å²) >= 11 is 0. The number of aromatic nitrogens is 3. The van der Waals surface area contributed by atoms with E-state index in [-0.39, 0.29) is 17.6 Å². The molecule has 1 fully saturated rings. The topological polar surface area (TPSA) is 113 Å². The number of aryl methyl sites for hydroxylation is 1. The average Bonchev–Trinajstić information content (AvgIpc) is 3.19. The van der Waals surface area contributed by atoms with Gasteiger partial charge >= 0.3 is 0 Å². The highest BCUT2D eigenvalue weighted by Gasteiger charge is 2.16. The van der Waals surface area contributed by atoms with Gasteiger partial charge in [-0.15, -0.1) is 0 Å². The fourth-order valence-electron chi connectivity index (χ4n) is 3.70. The molecule has 2 aromatic heterocycles. The number of hydrogen-bond acceptors (Lipinski definition) is 5. The fourth-order valence-corrected chi connectivity index (χ4v) is 3.70. The number of rotatable bonds is 5. The standard InChI is InChI=1S/C23H23N5O3/c1-15-10-16(11-24)5-7-19(15)20-14-27-28(23(20)30)21-8-6-17(12-25-21)22(29)26-13-18-4-2-3-9-31-18/h5-8,10,12,14,18,27H,2-4,9,13H2,1H3,(H,26,29). The van der Waals surface area contributed by atoms with Crippen LogP contribution in [0.5, 0.6) is 0 Å². The maximum atomic E-state index is 12.9. The Labute approximate surface area is 179 Å². The van der Waals surface area contributed by atoms with Crippen molar-refractivity contribution in [2.75, 3.05) is 13.2 Å². The Bertz CT molecular complexity index is 1180. The van der Waals surface area contributed by atoms with Crippen LogP contribution in [0.2, 0.25) is 0 Å². The highest BCUT2D eigenvalue weighted by molar-refractivity contribution is 5.93. The van der Waals surface area contributed by atoms with E-state index in [1.165, 1.54) is 10.9 Å². The highest BCUT2D eigenvalue weighted by Crippen LogP contribution is 2.21. The van der Waals surface area contributed by atoms with Crippen LogP contribution in [0, 0.1) is 18.3 Å². The van der Waals surface area contributed by atoms with Crippen molar-refractivity contribution in [1.82, 2.24) is 20.1 Å². The van der Waals surface area contributed by atoms with Crippen molar-refractivity contribution >= 4 is 5.91 Å². The first-order valence-electron chi connectivity index (χ1n) is 10.2. The van der Waals surface area contributed by atoms with Gasteiger partial charge in [-0.25, -0.2) is 9.67 Å². The highest BCUT2D eigenvalue weighted by atomic mass is 16.5. The molecular weight excluding hydrogens is 394 g/mol. The van der Waals surface area contributed by atoms with Crippen molar-refractivity contribution in [3.8, 4) is 23.0 Å². The zero-order chi connectivity index (χ0) is 21.8. The molecule has 1 unspecified atom stereocenters. The lowest BCUT2D eigenvalue weighted by molar-refractivity contribution is 0.0169. The molecule has 1 aliphatic rings. The molecule has 1 aromatic carbocycles. The molecular formula is C23H23N5O3. The molecule has 1 aliphatic heterocycles. The second kappa shape index (κ2) is 8.98. The number of H-pyrrole nitrogens is 1. The van der Waals surface area contributed by atoms with Gasteiger partial charge in [0.25, 0.3) is 11.5 Å². The number of ether oxygens (including phenoxy) is 1. The Morgan fingerprint density at radius 1 is 1.32 bits per heavy atom. The van der Waals surface area contributed by atoms with Crippen molar-refractivity contribution < 1.29 is 9.53 Å². The quantitative estimate of drug-likeness (QED) is 0.663. The van der Waals surface area contributed by atoms with E-state index in [0.29, 0.717) is 29.1 Å². The van der Waals surface area contributed by atoms with Crippen molar-refractivity contribution in [2.24, 2.45) is 0 Å². The number of benzene rings is 1. The van der Waals surface area contributed by atoms with Gasteiger partial charge < -0.3 is 10.1 Å². The Hall–Kier alpha value is -3.70. The normalized spacial score (nSPS) is 15.9. The Morgan fingerprint density at radius 2 is 2.19 bits per heavy atom. The summed E-state index contributed by atoms with van der Waals surface area (Å²) in [6.45, 7) is 3.08. The molecule has 1 atom stereocenters. The number of aromatic amines is 1. The first kappa shape index (κ1) is 20.6. The third-order valence-corrected chi connectivity index (χ3v) is 5.42. The van der Waals surface area contributed by atoms with E-state index in [0.717, 1.165) is 37.0 Å². The van der Waals surface area contributed by atoms with Gasteiger partial charge in [0.2, 0.25) is 0 Å². The van der Waals surface area contributed by atoms with Gasteiger partial charge in [-0.2, -0.15) is 5.26 Å². The van der Waals surface area contributed by atoms with Crippen LogP contribution in [0.4, 0.5) is 0 Å². The predicted molar refractivity (Wildman–Crippen MR) is 115 cm³/mol. The summed E-state index contributed by atoms with van der Waals surface area (Å²) in [6, 6.07) is 10.5. The van der Waals surface area contributed by atoms with Crippen molar-refractivity contribution in [3.63, 3.8) is 0 Å². The Morgan fingerprint density at radius 3 is 2.87 bits per heavy atom. The molecule has 0 aliphatic carbocycles. The molecule has 1 amide bonds. The molecule has 1 saturated heterocycles. The monoisotopic (exact) mass is 417 g/mol. The number of pyridine rings is 1. The number of hydrogen-bond donors (Lipinski definition) is 2. The van der Waals surface area contributed by atoms with Crippen LogP contribution >= 0.6 is 0 Å². The average molecular weight is 417 g/mol. The zero-order valence-corrected chi connectivity index (χ0v) is 17.2. The molecule has 0 bridgehead atoms. The van der Waals surface area contributed by atoms with Crippen LogP contribution in [0.1, 0.15) is 40.7 Å². The van der Waals surface area contributed by atoms with E-state index < -0.39 is 0 Å². The van der Waals surface area contributed by atoms with Crippen LogP contribution in [-0.4, -0.2) is 39.9 Å². The third kappa shape index (κ3) is 4.42. The lowest BCUT2D eigenvalue weighted by Gasteiger charge is -2.22. The maximum absolute atomic E-state index is 12.9. The molecule has 0 radical (unpaired) electrons. The Balaban J connectivity index is 1.49. The van der Waals surface area contributed by atoms with Gasteiger partial charge in [-0.3, -0.25) is 14.7 Å². The molecule has 0 saturated carbocycles. The van der Waals surface area contributed by atoms with Crippen molar-refractivity contribution in [1.29, 1.82) is 5.26 Å². The first-order chi connectivity index (χ1) is 15.1. The summed E-state index contributed by atoms with van der Waals surface area (Å²) in [6.07, 6.45) is 6.27. The van der Waals surface area contributed by atoms with Gasteiger partial charge in [0.1, 0.15) is 0 Å². The molecule has 8 nitrogen and oxygen atoms in total. The number of nitriles is 1. The van der Waals surface area contributed by atoms with E-state index in [2.05, 4.69) is 21.5 Å². The molecule has 2 N–H and O–H groups in total. The van der Waals surface area contributed by atoms with Crippen molar-refractivity contribution in [3.05, 3.63) is 69.8 Å². The zero-order valence-electron chi connectivity index (χ0n) is 17.2. The van der Waals surface area contributed by atoms with Gasteiger partial charge in [0.05, 0.1) is 28.9 Å². The van der Waals surface area contributed by atoms with Gasteiger partial charge in [0, 0.05) is 25.5 Å². The van der Waals surface area contributed by atoms with Crippen molar-refractivity contribution in [2.45, 2.75) is 32.3 Å². The van der Waals surface area contributed by atoms with Gasteiger partial charge in [-0.1, -0.05) is 6.07 Å². The summed E-state index contributed by atoms with van der Waals surface area (Å²) in [5.74, 6) is 0.163. The second-order valence-electron chi connectivity index (χ2n) is 7.57.